The van der Waals surface area contributed by atoms with Crippen LogP contribution in [-0.4, -0.2) is 24.0 Å². The molecule has 1 aromatic carbocycles. The zero-order chi connectivity index (χ0) is 13.9. The Morgan fingerprint density at radius 2 is 2.30 bits per heavy atom. The fraction of sp³-hybridized carbons (Fsp3) is 0.286. The van der Waals surface area contributed by atoms with Crippen molar-refractivity contribution >= 4 is 22.5 Å². The Bertz CT molecular complexity index is 708. The van der Waals surface area contributed by atoms with E-state index in [0.717, 1.165) is 16.6 Å². The number of amides is 1. The SMILES string of the molecule is [N-]=[N+]=NCC1CC(=O)N(c2cnc3ccccc3c2)C1. The van der Waals surface area contributed by atoms with E-state index in [1.807, 2.05) is 30.3 Å². The number of anilines is 1. The van der Waals surface area contributed by atoms with E-state index >= 15 is 0 Å². The van der Waals surface area contributed by atoms with Gasteiger partial charge in [-0.05, 0) is 23.6 Å². The van der Waals surface area contributed by atoms with Crippen LogP contribution in [-0.2, 0) is 4.79 Å². The number of para-hydroxylation sites is 1. The molecule has 20 heavy (non-hydrogen) atoms. The summed E-state index contributed by atoms with van der Waals surface area (Å²) in [6.07, 6.45) is 2.14. The summed E-state index contributed by atoms with van der Waals surface area (Å²) in [5.41, 5.74) is 10.1. The topological polar surface area (TPSA) is 82.0 Å². The van der Waals surface area contributed by atoms with Gasteiger partial charge in [-0.25, -0.2) is 0 Å². The molecule has 1 aliphatic heterocycles. The van der Waals surface area contributed by atoms with Gasteiger partial charge in [0.1, 0.15) is 0 Å². The summed E-state index contributed by atoms with van der Waals surface area (Å²) in [6.45, 7) is 0.942. The van der Waals surface area contributed by atoms with Crippen LogP contribution in [0.25, 0.3) is 21.3 Å². The Hall–Kier alpha value is -2.59. The number of pyridine rings is 1. The zero-order valence-corrected chi connectivity index (χ0v) is 10.8. The number of fused-ring (bicyclic) bond motifs is 1. The number of aromatic nitrogens is 1. The normalized spacial score (nSPS) is 18.3. The first-order valence-electron chi connectivity index (χ1n) is 6.44. The molecule has 1 atom stereocenters. The molecule has 1 amide bonds. The van der Waals surface area contributed by atoms with Gasteiger partial charge in [-0.15, -0.1) is 0 Å². The molecule has 0 spiro atoms. The van der Waals surface area contributed by atoms with Crippen molar-refractivity contribution in [3.05, 3.63) is 47.0 Å². The van der Waals surface area contributed by atoms with Crippen molar-refractivity contribution in [2.75, 3.05) is 18.0 Å². The maximum absolute atomic E-state index is 12.0. The largest absolute Gasteiger partial charge is 0.311 e. The fourth-order valence-electron chi connectivity index (χ4n) is 2.51. The lowest BCUT2D eigenvalue weighted by Gasteiger charge is -2.16. The van der Waals surface area contributed by atoms with Crippen molar-refractivity contribution < 1.29 is 4.79 Å². The van der Waals surface area contributed by atoms with Crippen LogP contribution in [0.3, 0.4) is 0 Å². The third-order valence-electron chi connectivity index (χ3n) is 3.50. The van der Waals surface area contributed by atoms with Gasteiger partial charge in [0.2, 0.25) is 5.91 Å². The lowest BCUT2D eigenvalue weighted by Crippen LogP contribution is -2.24. The highest BCUT2D eigenvalue weighted by Crippen LogP contribution is 2.27. The van der Waals surface area contributed by atoms with Crippen LogP contribution in [0.1, 0.15) is 6.42 Å². The minimum atomic E-state index is 0.0558. The van der Waals surface area contributed by atoms with Crippen LogP contribution in [0, 0.1) is 5.92 Å². The number of hydrogen-bond donors (Lipinski definition) is 0. The molecule has 1 aromatic heterocycles. The molecule has 2 heterocycles. The van der Waals surface area contributed by atoms with Crippen molar-refractivity contribution in [2.24, 2.45) is 11.0 Å². The average Bonchev–Trinajstić information content (AvgIpc) is 2.85. The van der Waals surface area contributed by atoms with Gasteiger partial charge in [0.15, 0.2) is 0 Å². The summed E-state index contributed by atoms with van der Waals surface area (Å²) in [5.74, 6) is 0.144. The molecule has 0 saturated carbocycles. The Labute approximate surface area is 115 Å². The molecule has 0 aliphatic carbocycles. The number of nitrogens with zero attached hydrogens (tertiary/aromatic N) is 5. The van der Waals surface area contributed by atoms with E-state index in [1.54, 1.807) is 11.1 Å². The van der Waals surface area contributed by atoms with Gasteiger partial charge in [0.05, 0.1) is 17.4 Å². The van der Waals surface area contributed by atoms with Crippen LogP contribution in [0.15, 0.2) is 41.6 Å². The first-order chi connectivity index (χ1) is 9.78. The molecule has 100 valence electrons. The number of azide groups is 1. The van der Waals surface area contributed by atoms with Gasteiger partial charge < -0.3 is 4.90 Å². The molecular formula is C14H13N5O. The number of hydrogen-bond acceptors (Lipinski definition) is 3. The van der Waals surface area contributed by atoms with E-state index in [-0.39, 0.29) is 11.8 Å². The molecule has 1 unspecified atom stereocenters. The van der Waals surface area contributed by atoms with E-state index in [1.165, 1.54) is 0 Å². The summed E-state index contributed by atoms with van der Waals surface area (Å²) in [6, 6.07) is 9.77. The molecule has 1 aliphatic rings. The van der Waals surface area contributed by atoms with Gasteiger partial charge in [-0.3, -0.25) is 9.78 Å². The van der Waals surface area contributed by atoms with Crippen LogP contribution < -0.4 is 4.90 Å². The van der Waals surface area contributed by atoms with Crippen LogP contribution in [0.5, 0.6) is 0 Å². The standard InChI is InChI=1S/C14H13N5O/c15-18-17-7-10-5-14(20)19(9-10)12-6-11-3-1-2-4-13(11)16-8-12/h1-4,6,8,10H,5,7,9H2. The van der Waals surface area contributed by atoms with Crippen molar-refractivity contribution in [3.63, 3.8) is 0 Å². The predicted molar refractivity (Wildman–Crippen MR) is 76.2 cm³/mol. The van der Waals surface area contributed by atoms with Gasteiger partial charge in [-0.2, -0.15) is 0 Å². The monoisotopic (exact) mass is 267 g/mol. The fourth-order valence-corrected chi connectivity index (χ4v) is 2.51. The molecule has 0 N–H and O–H groups in total. The van der Waals surface area contributed by atoms with Crippen LogP contribution in [0.4, 0.5) is 5.69 Å². The minimum Gasteiger partial charge on any atom is -0.311 e. The van der Waals surface area contributed by atoms with E-state index in [4.69, 9.17) is 5.53 Å². The second-order valence-electron chi connectivity index (χ2n) is 4.87. The third-order valence-corrected chi connectivity index (χ3v) is 3.50. The van der Waals surface area contributed by atoms with Gasteiger partial charge in [0.25, 0.3) is 0 Å². The second kappa shape index (κ2) is 5.19. The molecule has 0 radical (unpaired) electrons. The van der Waals surface area contributed by atoms with Crippen molar-refractivity contribution in [2.45, 2.75) is 6.42 Å². The predicted octanol–water partition coefficient (Wildman–Crippen LogP) is 2.90. The first-order valence-corrected chi connectivity index (χ1v) is 6.44. The van der Waals surface area contributed by atoms with E-state index in [2.05, 4.69) is 15.0 Å². The van der Waals surface area contributed by atoms with Gasteiger partial charge in [-0.1, -0.05) is 23.3 Å². The molecule has 1 fully saturated rings. The van der Waals surface area contributed by atoms with Crippen molar-refractivity contribution in [1.82, 2.24) is 4.98 Å². The quantitative estimate of drug-likeness (QED) is 0.486. The highest BCUT2D eigenvalue weighted by atomic mass is 16.2. The highest BCUT2D eigenvalue weighted by molar-refractivity contribution is 5.97. The zero-order valence-electron chi connectivity index (χ0n) is 10.8. The van der Waals surface area contributed by atoms with Gasteiger partial charge in [0, 0.05) is 29.8 Å². The Morgan fingerprint density at radius 3 is 3.15 bits per heavy atom. The van der Waals surface area contributed by atoms with E-state index in [9.17, 15) is 4.79 Å². The summed E-state index contributed by atoms with van der Waals surface area (Å²) < 4.78 is 0. The molecule has 1 saturated heterocycles. The number of carbonyl (C=O) groups excluding carboxylic acids is 1. The number of carbonyl (C=O) groups is 1. The van der Waals surface area contributed by atoms with E-state index in [0.29, 0.717) is 19.5 Å². The Kier molecular flexibility index (Phi) is 3.23. The summed E-state index contributed by atoms with van der Waals surface area (Å²) >= 11 is 0. The van der Waals surface area contributed by atoms with Crippen molar-refractivity contribution in [3.8, 4) is 0 Å². The summed E-state index contributed by atoms with van der Waals surface area (Å²) in [7, 11) is 0. The first kappa shape index (κ1) is 12.4. The number of benzene rings is 1. The summed E-state index contributed by atoms with van der Waals surface area (Å²) in [5, 5.41) is 4.56. The second-order valence-corrected chi connectivity index (χ2v) is 4.87. The summed E-state index contributed by atoms with van der Waals surface area (Å²) in [4.78, 5) is 20.9. The lowest BCUT2D eigenvalue weighted by atomic mass is 10.1. The molecule has 3 rings (SSSR count). The van der Waals surface area contributed by atoms with Crippen molar-refractivity contribution in [1.29, 1.82) is 0 Å². The van der Waals surface area contributed by atoms with Crippen LogP contribution >= 0.6 is 0 Å². The molecule has 6 nitrogen and oxygen atoms in total. The maximum atomic E-state index is 12.0. The molecule has 6 heteroatoms. The minimum absolute atomic E-state index is 0.0558. The molecular weight excluding hydrogens is 254 g/mol. The highest BCUT2D eigenvalue weighted by Gasteiger charge is 2.30. The average molecular weight is 267 g/mol. The maximum Gasteiger partial charge on any atom is 0.227 e. The van der Waals surface area contributed by atoms with Crippen LogP contribution in [0.2, 0.25) is 0 Å². The number of rotatable bonds is 3. The van der Waals surface area contributed by atoms with E-state index < -0.39 is 0 Å². The Morgan fingerprint density at radius 1 is 1.45 bits per heavy atom. The molecule has 0 bridgehead atoms. The molecule has 2 aromatic rings. The Balaban J connectivity index is 1.87. The lowest BCUT2D eigenvalue weighted by molar-refractivity contribution is -0.117. The third kappa shape index (κ3) is 2.29. The van der Waals surface area contributed by atoms with Gasteiger partial charge >= 0.3 is 0 Å². The smallest absolute Gasteiger partial charge is 0.227 e.